The minimum absolute atomic E-state index is 0.00146. The average Bonchev–Trinajstić information content (AvgIpc) is 2.68. The molecule has 2 aromatic rings. The standard InChI is InChI=1S/C19H20F2N2O5S/c1-23(11-12-3-7-16(28-19(20)21)17(9-12)27-2)29(25,26)14-5-6-15-13(10-14)4-8-18(24)22-15/h3,5-7,9-10,19H,4,8,11H2,1-2H3,(H,22,24). The van der Waals surface area contributed by atoms with E-state index in [2.05, 4.69) is 10.1 Å². The Morgan fingerprint density at radius 1 is 1.14 bits per heavy atom. The van der Waals surface area contributed by atoms with Crippen molar-refractivity contribution in [3.05, 3.63) is 47.5 Å². The van der Waals surface area contributed by atoms with E-state index in [1.165, 1.54) is 38.4 Å². The Hall–Kier alpha value is -2.72. The second-order valence-electron chi connectivity index (χ2n) is 6.49. The Kier molecular flexibility index (Phi) is 6.04. The van der Waals surface area contributed by atoms with Crippen LogP contribution in [0.15, 0.2) is 41.3 Å². The lowest BCUT2D eigenvalue weighted by Gasteiger charge is -2.21. The summed E-state index contributed by atoms with van der Waals surface area (Å²) in [6.45, 7) is -2.99. The molecule has 0 bridgehead atoms. The second-order valence-corrected chi connectivity index (χ2v) is 8.54. The maximum absolute atomic E-state index is 12.9. The fourth-order valence-electron chi connectivity index (χ4n) is 3.05. The minimum Gasteiger partial charge on any atom is -0.493 e. The molecule has 7 nitrogen and oxygen atoms in total. The van der Waals surface area contributed by atoms with Gasteiger partial charge in [-0.05, 0) is 47.9 Å². The van der Waals surface area contributed by atoms with Gasteiger partial charge in [-0.1, -0.05) is 6.07 Å². The van der Waals surface area contributed by atoms with Gasteiger partial charge in [0, 0.05) is 25.7 Å². The summed E-state index contributed by atoms with van der Waals surface area (Å²) in [6, 6.07) is 8.83. The topological polar surface area (TPSA) is 84.9 Å². The number of amides is 1. The van der Waals surface area contributed by atoms with Crippen molar-refractivity contribution in [1.29, 1.82) is 0 Å². The molecule has 0 aliphatic carbocycles. The molecule has 0 spiro atoms. The Morgan fingerprint density at radius 2 is 1.90 bits per heavy atom. The summed E-state index contributed by atoms with van der Waals surface area (Å²) in [5, 5.41) is 2.71. The highest BCUT2D eigenvalue weighted by molar-refractivity contribution is 7.89. The lowest BCUT2D eigenvalue weighted by Crippen LogP contribution is -2.27. The van der Waals surface area contributed by atoms with Gasteiger partial charge < -0.3 is 14.8 Å². The van der Waals surface area contributed by atoms with Gasteiger partial charge in [0.15, 0.2) is 11.5 Å². The molecule has 0 unspecified atom stereocenters. The summed E-state index contributed by atoms with van der Waals surface area (Å²) in [4.78, 5) is 11.6. The third-order valence-corrected chi connectivity index (χ3v) is 6.33. The molecule has 2 aromatic carbocycles. The van der Waals surface area contributed by atoms with Gasteiger partial charge in [-0.25, -0.2) is 8.42 Å². The van der Waals surface area contributed by atoms with Crippen molar-refractivity contribution in [2.24, 2.45) is 0 Å². The van der Waals surface area contributed by atoms with Gasteiger partial charge in [0.25, 0.3) is 0 Å². The van der Waals surface area contributed by atoms with Crippen molar-refractivity contribution in [1.82, 2.24) is 4.31 Å². The average molecular weight is 426 g/mol. The summed E-state index contributed by atoms with van der Waals surface area (Å²) in [7, 11) is -1.07. The molecule has 1 N–H and O–H groups in total. The molecule has 1 aliphatic heterocycles. The van der Waals surface area contributed by atoms with E-state index in [4.69, 9.17) is 4.74 Å². The predicted octanol–water partition coefficient (Wildman–Crippen LogP) is 3.00. The molecule has 0 saturated heterocycles. The summed E-state index contributed by atoms with van der Waals surface area (Å²) >= 11 is 0. The third kappa shape index (κ3) is 4.65. The Labute approximate surface area is 167 Å². The maximum atomic E-state index is 12.9. The zero-order valence-corrected chi connectivity index (χ0v) is 16.6. The van der Waals surface area contributed by atoms with Crippen LogP contribution < -0.4 is 14.8 Å². The van der Waals surface area contributed by atoms with Crippen LogP contribution in [0, 0.1) is 0 Å². The molecular weight excluding hydrogens is 406 g/mol. The third-order valence-electron chi connectivity index (χ3n) is 4.53. The number of ether oxygens (including phenoxy) is 2. The highest BCUT2D eigenvalue weighted by Crippen LogP contribution is 2.31. The van der Waals surface area contributed by atoms with Crippen molar-refractivity contribution in [3.63, 3.8) is 0 Å². The van der Waals surface area contributed by atoms with E-state index in [0.717, 1.165) is 9.87 Å². The molecule has 3 rings (SSSR count). The van der Waals surface area contributed by atoms with Crippen molar-refractivity contribution >= 4 is 21.6 Å². The summed E-state index contributed by atoms with van der Waals surface area (Å²) < 4.78 is 61.3. The van der Waals surface area contributed by atoms with Gasteiger partial charge in [-0.15, -0.1) is 0 Å². The summed E-state index contributed by atoms with van der Waals surface area (Å²) in [5.41, 5.74) is 1.91. The number of halogens is 2. The number of aryl methyl sites for hydroxylation is 1. The van der Waals surface area contributed by atoms with Crippen LogP contribution in [0.2, 0.25) is 0 Å². The Balaban J connectivity index is 1.81. The highest BCUT2D eigenvalue weighted by atomic mass is 32.2. The first-order chi connectivity index (χ1) is 13.7. The minimum atomic E-state index is -3.80. The summed E-state index contributed by atoms with van der Waals surface area (Å²) in [5.74, 6) is -0.148. The van der Waals surface area contributed by atoms with E-state index in [1.807, 2.05) is 0 Å². The molecule has 0 saturated carbocycles. The number of carbonyl (C=O) groups excluding carboxylic acids is 1. The van der Waals surface area contributed by atoms with Crippen LogP contribution in [-0.4, -0.2) is 39.4 Å². The highest BCUT2D eigenvalue weighted by Gasteiger charge is 2.24. The van der Waals surface area contributed by atoms with E-state index >= 15 is 0 Å². The molecule has 0 atom stereocenters. The van der Waals surface area contributed by atoms with Crippen LogP contribution in [-0.2, 0) is 27.8 Å². The monoisotopic (exact) mass is 426 g/mol. The van der Waals surface area contributed by atoms with Crippen LogP contribution in [0.4, 0.5) is 14.5 Å². The number of fused-ring (bicyclic) bond motifs is 1. The molecule has 0 radical (unpaired) electrons. The number of sulfonamides is 1. The fourth-order valence-corrected chi connectivity index (χ4v) is 4.26. The Morgan fingerprint density at radius 3 is 2.59 bits per heavy atom. The number of nitrogens with zero attached hydrogens (tertiary/aromatic N) is 1. The maximum Gasteiger partial charge on any atom is 0.387 e. The van der Waals surface area contributed by atoms with Crippen LogP contribution >= 0.6 is 0 Å². The quantitative estimate of drug-likeness (QED) is 0.736. The number of benzene rings is 2. The number of nitrogens with one attached hydrogen (secondary N) is 1. The van der Waals surface area contributed by atoms with E-state index in [0.29, 0.717) is 24.1 Å². The lowest BCUT2D eigenvalue weighted by molar-refractivity contribution is -0.116. The predicted molar refractivity (Wildman–Crippen MR) is 102 cm³/mol. The second kappa shape index (κ2) is 8.34. The van der Waals surface area contributed by atoms with Crippen LogP contribution in [0.25, 0.3) is 0 Å². The van der Waals surface area contributed by atoms with E-state index in [1.54, 1.807) is 12.1 Å². The van der Waals surface area contributed by atoms with Crippen molar-refractivity contribution in [2.45, 2.75) is 30.9 Å². The number of carbonyl (C=O) groups is 1. The van der Waals surface area contributed by atoms with Gasteiger partial charge >= 0.3 is 6.61 Å². The van der Waals surface area contributed by atoms with Crippen LogP contribution in [0.5, 0.6) is 11.5 Å². The molecular formula is C19H20F2N2O5S. The first-order valence-electron chi connectivity index (χ1n) is 8.71. The van der Waals surface area contributed by atoms with E-state index in [-0.39, 0.29) is 28.8 Å². The number of anilines is 1. The molecule has 156 valence electrons. The zero-order valence-electron chi connectivity index (χ0n) is 15.8. The molecule has 1 amide bonds. The molecule has 0 aromatic heterocycles. The normalized spacial score (nSPS) is 13.9. The smallest absolute Gasteiger partial charge is 0.387 e. The molecule has 29 heavy (non-hydrogen) atoms. The molecule has 1 heterocycles. The number of hydrogen-bond acceptors (Lipinski definition) is 5. The molecule has 10 heteroatoms. The van der Waals surface area contributed by atoms with E-state index in [9.17, 15) is 22.0 Å². The number of hydrogen-bond donors (Lipinski definition) is 1. The number of rotatable bonds is 7. The largest absolute Gasteiger partial charge is 0.493 e. The van der Waals surface area contributed by atoms with Gasteiger partial charge in [0.05, 0.1) is 12.0 Å². The zero-order chi connectivity index (χ0) is 21.2. The van der Waals surface area contributed by atoms with Crippen LogP contribution in [0.3, 0.4) is 0 Å². The Bertz CT molecular complexity index is 1030. The van der Waals surface area contributed by atoms with Gasteiger partial charge in [0.2, 0.25) is 15.9 Å². The first-order valence-corrected chi connectivity index (χ1v) is 10.2. The summed E-state index contributed by atoms with van der Waals surface area (Å²) in [6.07, 6.45) is 0.774. The number of alkyl halides is 2. The van der Waals surface area contributed by atoms with Gasteiger partial charge in [-0.2, -0.15) is 13.1 Å². The van der Waals surface area contributed by atoms with Gasteiger partial charge in [-0.3, -0.25) is 4.79 Å². The SMILES string of the molecule is COc1cc(CN(C)S(=O)(=O)c2ccc3c(c2)CCC(=O)N3)ccc1OC(F)F. The van der Waals surface area contributed by atoms with Crippen molar-refractivity contribution < 1.29 is 31.5 Å². The van der Waals surface area contributed by atoms with Crippen LogP contribution in [0.1, 0.15) is 17.5 Å². The molecule has 0 fully saturated rings. The van der Waals surface area contributed by atoms with E-state index < -0.39 is 16.6 Å². The molecule has 1 aliphatic rings. The first kappa shape index (κ1) is 21.0. The lowest BCUT2D eigenvalue weighted by atomic mass is 10.0. The van der Waals surface area contributed by atoms with Gasteiger partial charge in [0.1, 0.15) is 0 Å². The fraction of sp³-hybridized carbons (Fsp3) is 0.316. The number of methoxy groups -OCH3 is 1. The van der Waals surface area contributed by atoms with Crippen molar-refractivity contribution in [2.75, 3.05) is 19.5 Å². The van der Waals surface area contributed by atoms with Crippen molar-refractivity contribution in [3.8, 4) is 11.5 Å².